The molecular weight excluding hydrogens is 276 g/mol. The second-order valence-electron chi connectivity index (χ2n) is 7.59. The third-order valence-corrected chi connectivity index (χ3v) is 8.12. The molecule has 0 heterocycles. The molecule has 2 nitrogen and oxygen atoms in total. The number of benzene rings is 1. The third kappa shape index (κ3) is 2.21. The first-order valence-corrected chi connectivity index (χ1v) is 9.91. The topological polar surface area (TPSA) is 18.5 Å². The zero-order valence-corrected chi connectivity index (χ0v) is 14.3. The molecule has 5 rings (SSSR count). The van der Waals surface area contributed by atoms with Crippen LogP contribution in [-0.2, 0) is 14.3 Å². The van der Waals surface area contributed by atoms with Crippen LogP contribution in [0.4, 0.5) is 0 Å². The van der Waals surface area contributed by atoms with Gasteiger partial charge in [-0.25, -0.2) is 0 Å². The fourth-order valence-corrected chi connectivity index (χ4v) is 7.60. The van der Waals surface area contributed by atoms with Crippen molar-refractivity contribution in [1.29, 1.82) is 0 Å². The second-order valence-corrected chi connectivity index (χ2v) is 9.82. The van der Waals surface area contributed by atoms with Crippen LogP contribution in [-0.4, -0.2) is 23.5 Å². The highest BCUT2D eigenvalue weighted by atomic mass is 28.3. The van der Waals surface area contributed by atoms with Crippen LogP contribution in [0.25, 0.3) is 0 Å². The minimum Gasteiger partial charge on any atom is -0.397 e. The SMILES string of the molecule is CO[SiH](OC)c1ccccc1C12CC3CC(CC(C3)C1)C2. The number of hydrogen-bond donors (Lipinski definition) is 0. The highest BCUT2D eigenvalue weighted by Crippen LogP contribution is 2.60. The molecule has 1 aromatic carbocycles. The van der Waals surface area contributed by atoms with Gasteiger partial charge in [-0.2, -0.15) is 0 Å². The Morgan fingerprint density at radius 1 is 0.905 bits per heavy atom. The maximum Gasteiger partial charge on any atom is 0.355 e. The minimum absolute atomic E-state index is 0.438. The molecule has 0 spiro atoms. The Hall–Kier alpha value is -0.643. The lowest BCUT2D eigenvalue weighted by atomic mass is 9.48. The molecule has 4 aliphatic carbocycles. The Morgan fingerprint density at radius 3 is 1.95 bits per heavy atom. The Balaban J connectivity index is 1.76. The molecule has 0 radical (unpaired) electrons. The summed E-state index contributed by atoms with van der Waals surface area (Å²) < 4.78 is 11.4. The van der Waals surface area contributed by atoms with Gasteiger partial charge in [-0.15, -0.1) is 0 Å². The largest absolute Gasteiger partial charge is 0.397 e. The molecule has 1 aromatic rings. The van der Waals surface area contributed by atoms with E-state index in [2.05, 4.69) is 24.3 Å². The van der Waals surface area contributed by atoms with Crippen molar-refractivity contribution in [2.24, 2.45) is 17.8 Å². The molecule has 114 valence electrons. The summed E-state index contributed by atoms with van der Waals surface area (Å²) in [6.45, 7) is 0. The van der Waals surface area contributed by atoms with Gasteiger partial charge in [0.2, 0.25) is 0 Å². The average molecular weight is 302 g/mol. The van der Waals surface area contributed by atoms with Crippen LogP contribution in [0.3, 0.4) is 0 Å². The van der Waals surface area contributed by atoms with E-state index in [1.807, 2.05) is 0 Å². The molecule has 0 saturated heterocycles. The molecule has 0 aliphatic heterocycles. The lowest BCUT2D eigenvalue weighted by Gasteiger charge is -2.57. The first-order chi connectivity index (χ1) is 10.2. The minimum atomic E-state index is -1.72. The summed E-state index contributed by atoms with van der Waals surface area (Å²) in [5.41, 5.74) is 2.01. The van der Waals surface area contributed by atoms with Gasteiger partial charge in [0.05, 0.1) is 0 Å². The van der Waals surface area contributed by atoms with Gasteiger partial charge in [0, 0.05) is 14.2 Å². The molecule has 0 aromatic heterocycles. The van der Waals surface area contributed by atoms with Gasteiger partial charge in [-0.1, -0.05) is 24.3 Å². The van der Waals surface area contributed by atoms with E-state index in [0.717, 1.165) is 17.8 Å². The van der Waals surface area contributed by atoms with E-state index >= 15 is 0 Å². The first-order valence-electron chi connectivity index (χ1n) is 8.39. The van der Waals surface area contributed by atoms with Crippen LogP contribution in [0.1, 0.15) is 44.1 Å². The lowest BCUT2D eigenvalue weighted by molar-refractivity contribution is -0.00485. The zero-order valence-electron chi connectivity index (χ0n) is 13.2. The number of hydrogen-bond acceptors (Lipinski definition) is 2. The monoisotopic (exact) mass is 302 g/mol. The summed E-state index contributed by atoms with van der Waals surface area (Å²) in [6.07, 6.45) is 8.71. The molecule has 4 fully saturated rings. The average Bonchev–Trinajstić information content (AvgIpc) is 2.47. The van der Waals surface area contributed by atoms with Crippen LogP contribution in [0.15, 0.2) is 24.3 Å². The molecular formula is C18H26O2Si. The quantitative estimate of drug-likeness (QED) is 0.796. The van der Waals surface area contributed by atoms with Crippen molar-refractivity contribution in [2.45, 2.75) is 43.9 Å². The molecule has 4 aliphatic rings. The normalized spacial score (nSPS) is 37.4. The van der Waals surface area contributed by atoms with E-state index in [-0.39, 0.29) is 0 Å². The van der Waals surface area contributed by atoms with Gasteiger partial charge < -0.3 is 8.85 Å². The van der Waals surface area contributed by atoms with E-state index in [0.29, 0.717) is 5.41 Å². The highest BCUT2D eigenvalue weighted by molar-refractivity contribution is 6.61. The van der Waals surface area contributed by atoms with Gasteiger partial charge >= 0.3 is 9.28 Å². The summed E-state index contributed by atoms with van der Waals surface area (Å²) in [7, 11) is 1.88. The van der Waals surface area contributed by atoms with Crippen molar-refractivity contribution in [2.75, 3.05) is 14.2 Å². The third-order valence-electron chi connectivity index (χ3n) is 6.25. The van der Waals surface area contributed by atoms with Crippen molar-refractivity contribution in [3.8, 4) is 0 Å². The Bertz CT molecular complexity index is 488. The van der Waals surface area contributed by atoms with Crippen LogP contribution < -0.4 is 5.19 Å². The van der Waals surface area contributed by atoms with Crippen molar-refractivity contribution in [1.82, 2.24) is 0 Å². The Morgan fingerprint density at radius 2 is 1.43 bits per heavy atom. The van der Waals surface area contributed by atoms with E-state index in [4.69, 9.17) is 8.85 Å². The summed E-state index contributed by atoms with van der Waals surface area (Å²) in [5, 5.41) is 1.39. The van der Waals surface area contributed by atoms with Crippen LogP contribution in [0.5, 0.6) is 0 Å². The van der Waals surface area contributed by atoms with Crippen LogP contribution in [0, 0.1) is 17.8 Å². The first kappa shape index (κ1) is 14.0. The smallest absolute Gasteiger partial charge is 0.355 e. The molecule has 0 atom stereocenters. The zero-order chi connectivity index (χ0) is 14.4. The Labute approximate surface area is 129 Å². The predicted molar refractivity (Wildman–Crippen MR) is 87.1 cm³/mol. The molecule has 0 unspecified atom stereocenters. The summed E-state index contributed by atoms with van der Waals surface area (Å²) >= 11 is 0. The maximum absolute atomic E-state index is 5.71. The van der Waals surface area contributed by atoms with Crippen molar-refractivity contribution < 1.29 is 8.85 Å². The van der Waals surface area contributed by atoms with Gasteiger partial charge in [-0.05, 0) is 72.4 Å². The van der Waals surface area contributed by atoms with Crippen molar-refractivity contribution in [3.05, 3.63) is 29.8 Å². The van der Waals surface area contributed by atoms with Crippen LogP contribution >= 0.6 is 0 Å². The maximum atomic E-state index is 5.71. The van der Waals surface area contributed by atoms with Crippen molar-refractivity contribution in [3.63, 3.8) is 0 Å². The molecule has 4 saturated carbocycles. The molecule has 4 bridgehead atoms. The van der Waals surface area contributed by atoms with E-state index in [1.165, 1.54) is 43.7 Å². The van der Waals surface area contributed by atoms with Gasteiger partial charge in [-0.3, -0.25) is 0 Å². The standard InChI is InChI=1S/C18H26O2Si/c1-19-21(20-2)17-6-4-3-5-16(17)18-10-13-7-14(11-18)9-15(8-13)12-18/h3-6,13-15,21H,7-12H2,1-2H3. The molecule has 21 heavy (non-hydrogen) atoms. The van der Waals surface area contributed by atoms with E-state index in [9.17, 15) is 0 Å². The Kier molecular flexibility index (Phi) is 3.47. The number of rotatable bonds is 4. The van der Waals surface area contributed by atoms with E-state index < -0.39 is 9.28 Å². The lowest BCUT2D eigenvalue weighted by Crippen LogP contribution is -2.52. The molecule has 3 heteroatoms. The fourth-order valence-electron chi connectivity index (χ4n) is 5.98. The van der Waals surface area contributed by atoms with Gasteiger partial charge in [0.15, 0.2) is 0 Å². The van der Waals surface area contributed by atoms with Crippen molar-refractivity contribution >= 4 is 14.5 Å². The fraction of sp³-hybridized carbons (Fsp3) is 0.667. The second kappa shape index (κ2) is 5.22. The highest BCUT2D eigenvalue weighted by Gasteiger charge is 2.52. The van der Waals surface area contributed by atoms with Gasteiger partial charge in [0.1, 0.15) is 0 Å². The summed E-state index contributed by atoms with van der Waals surface area (Å²) in [5.74, 6) is 2.94. The summed E-state index contributed by atoms with van der Waals surface area (Å²) in [6, 6.07) is 9.00. The molecule has 0 N–H and O–H groups in total. The van der Waals surface area contributed by atoms with E-state index in [1.54, 1.807) is 19.8 Å². The molecule has 0 amide bonds. The van der Waals surface area contributed by atoms with Gasteiger partial charge in [0.25, 0.3) is 0 Å². The summed E-state index contributed by atoms with van der Waals surface area (Å²) in [4.78, 5) is 0. The van der Waals surface area contributed by atoms with Crippen LogP contribution in [0.2, 0.25) is 0 Å². The predicted octanol–water partition coefficient (Wildman–Crippen LogP) is 2.87.